The molecule has 0 aliphatic heterocycles. The number of alkyl halides is 1. The number of aryl methyl sites for hydroxylation is 1. The Kier molecular flexibility index (Phi) is 4.16. The third-order valence-corrected chi connectivity index (χ3v) is 5.10. The molecule has 0 aromatic heterocycles. The van der Waals surface area contributed by atoms with Crippen molar-refractivity contribution in [3.8, 4) is 0 Å². The van der Waals surface area contributed by atoms with Gasteiger partial charge in [-0.05, 0) is 31.6 Å². The summed E-state index contributed by atoms with van der Waals surface area (Å²) in [6.45, 7) is 7.20. The normalized spacial score (nSPS) is 13.4. The fourth-order valence-electron chi connectivity index (χ4n) is 1.26. The summed E-state index contributed by atoms with van der Waals surface area (Å²) in [4.78, 5) is 0.317. The summed E-state index contributed by atoms with van der Waals surface area (Å²) in [6, 6.07) is 6.79. The van der Waals surface area contributed by atoms with Crippen molar-refractivity contribution in [3.63, 3.8) is 0 Å². The van der Waals surface area contributed by atoms with Crippen LogP contribution in [0.4, 0.5) is 0 Å². The van der Waals surface area contributed by atoms with Gasteiger partial charge in [0.25, 0.3) is 0 Å². The molecule has 0 heterocycles. The molecular weight excluding hydrogens is 244 g/mol. The zero-order valence-corrected chi connectivity index (χ0v) is 11.0. The molecule has 0 amide bonds. The molecule has 0 saturated carbocycles. The van der Waals surface area contributed by atoms with E-state index in [1.54, 1.807) is 31.2 Å². The van der Waals surface area contributed by atoms with E-state index in [9.17, 15) is 8.42 Å². The molecule has 0 saturated heterocycles. The summed E-state index contributed by atoms with van der Waals surface area (Å²) in [5.41, 5.74) is 1.55. The second-order valence-electron chi connectivity index (χ2n) is 3.79. The van der Waals surface area contributed by atoms with E-state index in [2.05, 4.69) is 6.58 Å². The molecule has 0 spiro atoms. The number of hydrogen-bond donors (Lipinski definition) is 0. The Morgan fingerprint density at radius 1 is 1.38 bits per heavy atom. The molecule has 1 unspecified atom stereocenters. The summed E-state index contributed by atoms with van der Waals surface area (Å²) in [7, 11) is -3.35. The van der Waals surface area contributed by atoms with Gasteiger partial charge in [-0.25, -0.2) is 8.42 Å². The molecule has 88 valence electrons. The van der Waals surface area contributed by atoms with Gasteiger partial charge in [0.1, 0.15) is 0 Å². The van der Waals surface area contributed by atoms with Gasteiger partial charge in [-0.1, -0.05) is 24.3 Å². The molecule has 0 N–H and O–H groups in total. The van der Waals surface area contributed by atoms with Crippen LogP contribution in [0.1, 0.15) is 12.5 Å². The fourth-order valence-corrected chi connectivity index (χ4v) is 3.03. The highest BCUT2D eigenvalue weighted by atomic mass is 35.5. The third kappa shape index (κ3) is 2.66. The van der Waals surface area contributed by atoms with Crippen LogP contribution in [0.3, 0.4) is 0 Å². The maximum absolute atomic E-state index is 12.1. The van der Waals surface area contributed by atoms with Crippen molar-refractivity contribution in [1.29, 1.82) is 0 Å². The predicted molar refractivity (Wildman–Crippen MR) is 67.7 cm³/mol. The van der Waals surface area contributed by atoms with Gasteiger partial charge in [-0.2, -0.15) is 0 Å². The maximum Gasteiger partial charge on any atom is 0.184 e. The maximum atomic E-state index is 12.1. The number of rotatable bonds is 4. The Hall–Kier alpha value is -0.800. The SMILES string of the molecule is C=C(CCl)C(C)S(=O)(=O)c1ccc(C)cc1. The van der Waals surface area contributed by atoms with Gasteiger partial charge in [0.15, 0.2) is 9.84 Å². The van der Waals surface area contributed by atoms with Crippen LogP contribution < -0.4 is 0 Å². The first-order chi connectivity index (χ1) is 7.39. The van der Waals surface area contributed by atoms with Crippen LogP contribution >= 0.6 is 11.6 Å². The Bertz CT molecular complexity index is 474. The van der Waals surface area contributed by atoms with Crippen molar-refractivity contribution in [1.82, 2.24) is 0 Å². The van der Waals surface area contributed by atoms with E-state index in [0.29, 0.717) is 10.5 Å². The van der Waals surface area contributed by atoms with E-state index in [-0.39, 0.29) is 5.88 Å². The Morgan fingerprint density at radius 3 is 2.31 bits per heavy atom. The molecule has 0 aliphatic rings. The predicted octanol–water partition coefficient (Wildman–Crippen LogP) is 2.95. The van der Waals surface area contributed by atoms with E-state index in [4.69, 9.17) is 11.6 Å². The van der Waals surface area contributed by atoms with Gasteiger partial charge in [-0.3, -0.25) is 0 Å². The lowest BCUT2D eigenvalue weighted by Gasteiger charge is -2.14. The van der Waals surface area contributed by atoms with Crippen LogP contribution in [-0.4, -0.2) is 19.5 Å². The zero-order chi connectivity index (χ0) is 12.3. The Balaban J connectivity index is 3.12. The van der Waals surface area contributed by atoms with Gasteiger partial charge in [0.05, 0.1) is 10.1 Å². The highest BCUT2D eigenvalue weighted by molar-refractivity contribution is 7.92. The van der Waals surface area contributed by atoms with Crippen molar-refractivity contribution >= 4 is 21.4 Å². The van der Waals surface area contributed by atoms with E-state index < -0.39 is 15.1 Å². The number of hydrogen-bond acceptors (Lipinski definition) is 2. The fraction of sp³-hybridized carbons (Fsp3) is 0.333. The van der Waals surface area contributed by atoms with Crippen LogP contribution in [0, 0.1) is 6.92 Å². The second kappa shape index (κ2) is 5.02. The molecule has 16 heavy (non-hydrogen) atoms. The lowest BCUT2D eigenvalue weighted by molar-refractivity contribution is 0.589. The Labute approximate surface area is 102 Å². The molecule has 1 aromatic carbocycles. The summed E-state index contributed by atoms with van der Waals surface area (Å²) < 4.78 is 24.2. The second-order valence-corrected chi connectivity index (χ2v) is 6.33. The van der Waals surface area contributed by atoms with Crippen molar-refractivity contribution in [2.75, 3.05) is 5.88 Å². The van der Waals surface area contributed by atoms with Crippen molar-refractivity contribution in [3.05, 3.63) is 42.0 Å². The molecule has 1 atom stereocenters. The average molecular weight is 259 g/mol. The van der Waals surface area contributed by atoms with Crippen LogP contribution in [0.25, 0.3) is 0 Å². The van der Waals surface area contributed by atoms with E-state index in [1.807, 2.05) is 6.92 Å². The summed E-state index contributed by atoms with van der Waals surface area (Å²) >= 11 is 5.60. The van der Waals surface area contributed by atoms with E-state index in [1.165, 1.54) is 0 Å². The molecule has 1 aromatic rings. The van der Waals surface area contributed by atoms with Crippen molar-refractivity contribution in [2.24, 2.45) is 0 Å². The molecule has 0 bridgehead atoms. The minimum Gasteiger partial charge on any atom is -0.223 e. The first-order valence-electron chi connectivity index (χ1n) is 4.93. The van der Waals surface area contributed by atoms with Crippen molar-refractivity contribution in [2.45, 2.75) is 24.0 Å². The smallest absolute Gasteiger partial charge is 0.184 e. The van der Waals surface area contributed by atoms with Crippen molar-refractivity contribution < 1.29 is 8.42 Å². The standard InChI is InChI=1S/C12H15ClO2S/c1-9-4-6-12(7-5-9)16(14,15)11(3)10(2)8-13/h4-7,11H,2,8H2,1,3H3. The van der Waals surface area contributed by atoms with Gasteiger partial charge < -0.3 is 0 Å². The first-order valence-corrected chi connectivity index (χ1v) is 7.02. The van der Waals surface area contributed by atoms with Crippen LogP contribution in [-0.2, 0) is 9.84 Å². The van der Waals surface area contributed by atoms with Gasteiger partial charge >= 0.3 is 0 Å². The van der Waals surface area contributed by atoms with Gasteiger partial charge in [0, 0.05) is 5.88 Å². The topological polar surface area (TPSA) is 34.1 Å². The monoisotopic (exact) mass is 258 g/mol. The van der Waals surface area contributed by atoms with Crippen LogP contribution in [0.2, 0.25) is 0 Å². The molecule has 2 nitrogen and oxygen atoms in total. The van der Waals surface area contributed by atoms with Crippen LogP contribution in [0.5, 0.6) is 0 Å². The zero-order valence-electron chi connectivity index (χ0n) is 9.40. The minimum atomic E-state index is -3.35. The molecule has 1 rings (SSSR count). The third-order valence-electron chi connectivity index (χ3n) is 2.56. The molecule has 0 fully saturated rings. The quantitative estimate of drug-likeness (QED) is 0.615. The van der Waals surface area contributed by atoms with E-state index in [0.717, 1.165) is 5.56 Å². The highest BCUT2D eigenvalue weighted by Crippen LogP contribution is 2.21. The van der Waals surface area contributed by atoms with Crippen LogP contribution in [0.15, 0.2) is 41.3 Å². The first kappa shape index (κ1) is 13.3. The summed E-state index contributed by atoms with van der Waals surface area (Å²) in [5, 5.41) is -0.646. The summed E-state index contributed by atoms with van der Waals surface area (Å²) in [5.74, 6) is 0.159. The summed E-state index contributed by atoms with van der Waals surface area (Å²) in [6.07, 6.45) is 0. The average Bonchev–Trinajstić information content (AvgIpc) is 2.27. The molecule has 0 aliphatic carbocycles. The van der Waals surface area contributed by atoms with Gasteiger partial charge in [-0.15, -0.1) is 11.6 Å². The highest BCUT2D eigenvalue weighted by Gasteiger charge is 2.24. The van der Waals surface area contributed by atoms with E-state index >= 15 is 0 Å². The Morgan fingerprint density at radius 2 is 1.88 bits per heavy atom. The molecule has 0 radical (unpaired) electrons. The lowest BCUT2D eigenvalue weighted by atomic mass is 10.2. The largest absolute Gasteiger partial charge is 0.223 e. The molecule has 4 heteroatoms. The van der Waals surface area contributed by atoms with Gasteiger partial charge in [0.2, 0.25) is 0 Å². The number of sulfone groups is 1. The number of benzene rings is 1. The number of halogens is 1. The molecular formula is C12H15ClO2S. The lowest BCUT2D eigenvalue weighted by Crippen LogP contribution is -2.20. The minimum absolute atomic E-state index is 0.159.